The maximum Gasteiger partial charge on any atom is 0.313 e. The zero-order valence-electron chi connectivity index (χ0n) is 18.2. The summed E-state index contributed by atoms with van der Waals surface area (Å²) in [5, 5.41) is 5.98. The third-order valence-electron chi connectivity index (χ3n) is 5.66. The van der Waals surface area contributed by atoms with Gasteiger partial charge in [0.1, 0.15) is 5.75 Å². The molecule has 31 heavy (non-hydrogen) atoms. The summed E-state index contributed by atoms with van der Waals surface area (Å²) in [5.74, 6) is -0.606. The van der Waals surface area contributed by atoms with Crippen LogP contribution in [0.1, 0.15) is 17.2 Å². The number of anilines is 1. The molecular formula is C23H29ClN4O3. The fourth-order valence-corrected chi connectivity index (χ4v) is 3.78. The van der Waals surface area contributed by atoms with Crippen LogP contribution in [0.5, 0.6) is 5.75 Å². The van der Waals surface area contributed by atoms with Crippen LogP contribution in [0.3, 0.4) is 0 Å². The van der Waals surface area contributed by atoms with E-state index in [9.17, 15) is 9.59 Å². The van der Waals surface area contributed by atoms with Crippen LogP contribution in [-0.4, -0.2) is 68.5 Å². The number of carbonyl (C=O) groups is 2. The minimum Gasteiger partial charge on any atom is -0.497 e. The number of methoxy groups -OCH3 is 1. The van der Waals surface area contributed by atoms with Gasteiger partial charge in [0.25, 0.3) is 0 Å². The molecule has 0 radical (unpaired) electrons. The standard InChI is InChI=1S/C23H29ClN4O3/c1-16-19(24)5-4-6-20(16)26-23(30)22(29)25-15-21(28-13-11-27(2)12-14-28)17-7-9-18(31-3)10-8-17/h4-10,21H,11-15H2,1-3H3,(H,25,29)(H,26,30)/t21-/m0/s1. The molecule has 0 bridgehead atoms. The van der Waals surface area contributed by atoms with Crippen molar-refractivity contribution in [1.82, 2.24) is 15.1 Å². The summed E-state index contributed by atoms with van der Waals surface area (Å²) in [6.07, 6.45) is 0. The lowest BCUT2D eigenvalue weighted by atomic mass is 10.0. The van der Waals surface area contributed by atoms with Crippen LogP contribution in [0.2, 0.25) is 5.02 Å². The molecule has 2 N–H and O–H groups in total. The highest BCUT2D eigenvalue weighted by molar-refractivity contribution is 6.40. The second-order valence-electron chi connectivity index (χ2n) is 7.70. The van der Waals surface area contributed by atoms with Crippen molar-refractivity contribution in [2.75, 3.05) is 52.2 Å². The number of ether oxygens (including phenoxy) is 1. The molecule has 0 aromatic heterocycles. The quantitative estimate of drug-likeness (QED) is 0.670. The molecule has 0 aliphatic carbocycles. The number of nitrogens with zero attached hydrogens (tertiary/aromatic N) is 2. The number of amides is 2. The summed E-state index contributed by atoms with van der Waals surface area (Å²) in [6.45, 7) is 5.80. The van der Waals surface area contributed by atoms with Crippen molar-refractivity contribution >= 4 is 29.1 Å². The second kappa shape index (κ2) is 10.6. The van der Waals surface area contributed by atoms with Crippen LogP contribution in [0, 0.1) is 6.92 Å². The number of hydrogen-bond donors (Lipinski definition) is 2. The van der Waals surface area contributed by atoms with Gasteiger partial charge in [-0.3, -0.25) is 14.5 Å². The van der Waals surface area contributed by atoms with Crippen molar-refractivity contribution < 1.29 is 14.3 Å². The molecule has 1 saturated heterocycles. The van der Waals surface area contributed by atoms with Gasteiger partial charge in [-0.05, 0) is 49.4 Å². The molecule has 166 valence electrons. The van der Waals surface area contributed by atoms with Crippen LogP contribution < -0.4 is 15.4 Å². The van der Waals surface area contributed by atoms with Crippen molar-refractivity contribution in [1.29, 1.82) is 0 Å². The van der Waals surface area contributed by atoms with Gasteiger partial charge < -0.3 is 20.3 Å². The minimum absolute atomic E-state index is 0.0377. The molecule has 1 heterocycles. The number of benzene rings is 2. The lowest BCUT2D eigenvalue weighted by Crippen LogP contribution is -2.49. The molecule has 1 aliphatic rings. The Morgan fingerprint density at radius 1 is 1.06 bits per heavy atom. The molecule has 2 aromatic carbocycles. The van der Waals surface area contributed by atoms with E-state index < -0.39 is 11.8 Å². The molecule has 2 aromatic rings. The zero-order valence-corrected chi connectivity index (χ0v) is 18.9. The van der Waals surface area contributed by atoms with E-state index in [0.717, 1.165) is 43.1 Å². The number of halogens is 1. The smallest absolute Gasteiger partial charge is 0.313 e. The SMILES string of the molecule is COc1ccc([C@H](CNC(=O)C(=O)Nc2cccc(Cl)c2C)N2CCN(C)CC2)cc1. The average molecular weight is 445 g/mol. The van der Waals surface area contributed by atoms with Crippen LogP contribution in [0.15, 0.2) is 42.5 Å². The summed E-state index contributed by atoms with van der Waals surface area (Å²) in [5.41, 5.74) is 2.31. The first kappa shape index (κ1) is 23.1. The van der Waals surface area contributed by atoms with E-state index in [-0.39, 0.29) is 6.04 Å². The molecule has 1 atom stereocenters. The van der Waals surface area contributed by atoms with Crippen molar-refractivity contribution in [3.63, 3.8) is 0 Å². The van der Waals surface area contributed by atoms with Crippen LogP contribution in [0.25, 0.3) is 0 Å². The highest BCUT2D eigenvalue weighted by Crippen LogP contribution is 2.25. The number of hydrogen-bond acceptors (Lipinski definition) is 5. The van der Waals surface area contributed by atoms with Crippen molar-refractivity contribution in [3.05, 3.63) is 58.6 Å². The van der Waals surface area contributed by atoms with Gasteiger partial charge in [-0.25, -0.2) is 0 Å². The number of likely N-dealkylation sites (N-methyl/N-ethyl adjacent to an activating group) is 1. The van der Waals surface area contributed by atoms with E-state index in [0.29, 0.717) is 17.3 Å². The number of carbonyl (C=O) groups excluding carboxylic acids is 2. The normalized spacial score (nSPS) is 15.9. The topological polar surface area (TPSA) is 73.9 Å². The molecule has 1 fully saturated rings. The Balaban J connectivity index is 1.67. The number of rotatable bonds is 6. The van der Waals surface area contributed by atoms with Gasteiger partial charge in [0.2, 0.25) is 0 Å². The fourth-order valence-electron chi connectivity index (χ4n) is 3.61. The molecule has 0 spiro atoms. The molecule has 1 aliphatic heterocycles. The molecule has 0 saturated carbocycles. The molecule has 3 rings (SSSR count). The van der Waals surface area contributed by atoms with E-state index in [4.69, 9.17) is 16.3 Å². The van der Waals surface area contributed by atoms with E-state index in [1.54, 1.807) is 32.2 Å². The predicted molar refractivity (Wildman–Crippen MR) is 123 cm³/mol. The van der Waals surface area contributed by atoms with Crippen molar-refractivity contribution in [3.8, 4) is 5.75 Å². The van der Waals surface area contributed by atoms with Gasteiger partial charge in [0, 0.05) is 43.4 Å². The Hall–Kier alpha value is -2.61. The highest BCUT2D eigenvalue weighted by atomic mass is 35.5. The first-order chi connectivity index (χ1) is 14.9. The van der Waals surface area contributed by atoms with Gasteiger partial charge >= 0.3 is 11.8 Å². The monoisotopic (exact) mass is 444 g/mol. The van der Waals surface area contributed by atoms with Crippen LogP contribution >= 0.6 is 11.6 Å². The van der Waals surface area contributed by atoms with Gasteiger partial charge in [-0.15, -0.1) is 0 Å². The predicted octanol–water partition coefficient (Wildman–Crippen LogP) is 2.70. The lowest BCUT2D eigenvalue weighted by Gasteiger charge is -2.38. The second-order valence-corrected chi connectivity index (χ2v) is 8.11. The first-order valence-electron chi connectivity index (χ1n) is 10.3. The molecule has 8 heteroatoms. The largest absolute Gasteiger partial charge is 0.497 e. The summed E-state index contributed by atoms with van der Waals surface area (Å²) in [7, 11) is 3.73. The maximum atomic E-state index is 12.5. The third-order valence-corrected chi connectivity index (χ3v) is 6.07. The summed E-state index contributed by atoms with van der Waals surface area (Å²) >= 11 is 6.10. The molecule has 0 unspecified atom stereocenters. The summed E-state index contributed by atoms with van der Waals surface area (Å²) in [4.78, 5) is 29.5. The number of nitrogens with one attached hydrogen (secondary N) is 2. The van der Waals surface area contributed by atoms with Crippen LogP contribution in [-0.2, 0) is 9.59 Å². The van der Waals surface area contributed by atoms with Crippen LogP contribution in [0.4, 0.5) is 5.69 Å². The molecule has 7 nitrogen and oxygen atoms in total. The van der Waals surface area contributed by atoms with Gasteiger partial charge in [0.15, 0.2) is 0 Å². The molecular weight excluding hydrogens is 416 g/mol. The van der Waals surface area contributed by atoms with Gasteiger partial charge in [0.05, 0.1) is 13.2 Å². The van der Waals surface area contributed by atoms with E-state index >= 15 is 0 Å². The van der Waals surface area contributed by atoms with Gasteiger partial charge in [-0.1, -0.05) is 29.8 Å². The molecule has 2 amide bonds. The third kappa shape index (κ3) is 5.97. The Morgan fingerprint density at radius 2 is 1.74 bits per heavy atom. The van der Waals surface area contributed by atoms with Crippen molar-refractivity contribution in [2.45, 2.75) is 13.0 Å². The van der Waals surface area contributed by atoms with E-state index in [2.05, 4.69) is 27.5 Å². The fraction of sp³-hybridized carbons (Fsp3) is 0.391. The maximum absolute atomic E-state index is 12.5. The Labute approximate surface area is 188 Å². The van der Waals surface area contributed by atoms with Gasteiger partial charge in [-0.2, -0.15) is 0 Å². The first-order valence-corrected chi connectivity index (χ1v) is 10.7. The minimum atomic E-state index is -0.711. The summed E-state index contributed by atoms with van der Waals surface area (Å²) in [6, 6.07) is 13.0. The van der Waals surface area contributed by atoms with Crippen molar-refractivity contribution in [2.24, 2.45) is 0 Å². The zero-order chi connectivity index (χ0) is 22.4. The lowest BCUT2D eigenvalue weighted by molar-refractivity contribution is -0.136. The highest BCUT2D eigenvalue weighted by Gasteiger charge is 2.25. The van der Waals surface area contributed by atoms with E-state index in [1.165, 1.54) is 0 Å². The average Bonchev–Trinajstić information content (AvgIpc) is 2.78. The summed E-state index contributed by atoms with van der Waals surface area (Å²) < 4.78 is 5.26. The Bertz CT molecular complexity index is 912. The Kier molecular flexibility index (Phi) is 7.90. The van der Waals surface area contributed by atoms with E-state index in [1.807, 2.05) is 24.3 Å². The Morgan fingerprint density at radius 3 is 2.39 bits per heavy atom. The number of piperazine rings is 1.